The number of carbonyl (C=O) groups is 1. The third kappa shape index (κ3) is 3.33. The molecule has 0 saturated carbocycles. The average molecular weight is 335 g/mol. The molecule has 0 bridgehead atoms. The van der Waals surface area contributed by atoms with Crippen LogP contribution >= 0.6 is 0 Å². The quantitative estimate of drug-likeness (QED) is 0.779. The molecule has 1 saturated heterocycles. The molecule has 6 heteroatoms. The van der Waals surface area contributed by atoms with Gasteiger partial charge in [0.1, 0.15) is 5.82 Å². The molecule has 1 atom stereocenters. The van der Waals surface area contributed by atoms with Crippen molar-refractivity contribution in [3.8, 4) is 0 Å². The summed E-state index contributed by atoms with van der Waals surface area (Å²) in [5.41, 5.74) is 2.09. The normalized spacial score (nSPS) is 18.1. The SMILES string of the molecule is O=C(Nc1ccnc2ccnn12)N1CCCC(c2ccccc2)CC1. The van der Waals surface area contributed by atoms with Gasteiger partial charge in [0.2, 0.25) is 0 Å². The van der Waals surface area contributed by atoms with Gasteiger partial charge in [-0.2, -0.15) is 9.61 Å². The Morgan fingerprint density at radius 2 is 1.92 bits per heavy atom. The van der Waals surface area contributed by atoms with E-state index in [9.17, 15) is 4.79 Å². The summed E-state index contributed by atoms with van der Waals surface area (Å²) in [6.07, 6.45) is 6.48. The number of amides is 2. The first kappa shape index (κ1) is 15.6. The molecular weight excluding hydrogens is 314 g/mol. The highest BCUT2D eigenvalue weighted by Crippen LogP contribution is 2.28. The Morgan fingerprint density at radius 1 is 1.04 bits per heavy atom. The van der Waals surface area contributed by atoms with Crippen molar-refractivity contribution in [2.75, 3.05) is 18.4 Å². The van der Waals surface area contributed by atoms with E-state index in [2.05, 4.69) is 39.7 Å². The lowest BCUT2D eigenvalue weighted by atomic mass is 9.92. The van der Waals surface area contributed by atoms with Crippen molar-refractivity contribution in [2.45, 2.75) is 25.2 Å². The van der Waals surface area contributed by atoms with Gasteiger partial charge in [0.25, 0.3) is 0 Å². The third-order valence-electron chi connectivity index (χ3n) is 4.81. The average Bonchev–Trinajstić information content (AvgIpc) is 2.99. The standard InChI is InChI=1S/C19H21N5O/c25-19(22-18-8-11-20-17-9-12-21-24(17)18)23-13-4-7-16(10-14-23)15-5-2-1-3-6-15/h1-3,5-6,8-9,11-12,16H,4,7,10,13-14H2,(H,22,25). The maximum absolute atomic E-state index is 12.7. The summed E-state index contributed by atoms with van der Waals surface area (Å²) in [4.78, 5) is 18.8. The van der Waals surface area contributed by atoms with Crippen LogP contribution in [-0.2, 0) is 0 Å². The molecule has 2 aromatic heterocycles. The van der Waals surface area contributed by atoms with Crippen LogP contribution in [0.2, 0.25) is 0 Å². The van der Waals surface area contributed by atoms with Crippen LogP contribution in [0.1, 0.15) is 30.7 Å². The fraction of sp³-hybridized carbons (Fsp3) is 0.316. The molecule has 0 spiro atoms. The number of likely N-dealkylation sites (tertiary alicyclic amines) is 1. The van der Waals surface area contributed by atoms with E-state index in [1.165, 1.54) is 5.56 Å². The molecule has 0 aliphatic carbocycles. The molecule has 1 fully saturated rings. The maximum atomic E-state index is 12.7. The van der Waals surface area contributed by atoms with Crippen molar-refractivity contribution in [1.29, 1.82) is 0 Å². The highest BCUT2D eigenvalue weighted by molar-refractivity contribution is 5.88. The fourth-order valence-electron chi connectivity index (χ4n) is 3.48. The number of benzene rings is 1. The second kappa shape index (κ2) is 6.93. The Hall–Kier alpha value is -2.89. The zero-order chi connectivity index (χ0) is 17.1. The fourth-order valence-corrected chi connectivity index (χ4v) is 3.48. The van der Waals surface area contributed by atoms with E-state index in [-0.39, 0.29) is 6.03 Å². The zero-order valence-corrected chi connectivity index (χ0v) is 14.0. The van der Waals surface area contributed by atoms with Crippen molar-refractivity contribution in [3.63, 3.8) is 0 Å². The number of nitrogens with zero attached hydrogens (tertiary/aromatic N) is 4. The van der Waals surface area contributed by atoms with E-state index in [1.54, 1.807) is 23.0 Å². The van der Waals surface area contributed by atoms with Gasteiger partial charge in [-0.15, -0.1) is 0 Å². The molecule has 1 aliphatic rings. The van der Waals surface area contributed by atoms with Crippen molar-refractivity contribution in [2.24, 2.45) is 0 Å². The second-order valence-corrected chi connectivity index (χ2v) is 6.39. The number of nitrogens with one attached hydrogen (secondary N) is 1. The Balaban J connectivity index is 1.43. The van der Waals surface area contributed by atoms with E-state index in [1.807, 2.05) is 17.0 Å². The van der Waals surface area contributed by atoms with E-state index >= 15 is 0 Å². The largest absolute Gasteiger partial charge is 0.324 e. The number of anilines is 1. The molecule has 1 aromatic carbocycles. The Kier molecular flexibility index (Phi) is 4.33. The zero-order valence-electron chi connectivity index (χ0n) is 14.0. The number of rotatable bonds is 2. The molecule has 1 N–H and O–H groups in total. The second-order valence-electron chi connectivity index (χ2n) is 6.39. The molecule has 1 unspecified atom stereocenters. The first-order valence-corrected chi connectivity index (χ1v) is 8.71. The lowest BCUT2D eigenvalue weighted by Crippen LogP contribution is -2.36. The number of aromatic nitrogens is 3. The minimum absolute atomic E-state index is 0.0725. The topological polar surface area (TPSA) is 62.5 Å². The molecule has 2 amide bonds. The van der Waals surface area contributed by atoms with E-state index in [4.69, 9.17) is 0 Å². The maximum Gasteiger partial charge on any atom is 0.323 e. The third-order valence-corrected chi connectivity index (χ3v) is 4.81. The molecule has 1 aliphatic heterocycles. The highest BCUT2D eigenvalue weighted by Gasteiger charge is 2.22. The van der Waals surface area contributed by atoms with Gasteiger partial charge in [0.15, 0.2) is 5.65 Å². The van der Waals surface area contributed by atoms with Crippen LogP contribution in [0.25, 0.3) is 5.65 Å². The molecule has 3 aromatic rings. The summed E-state index contributed by atoms with van der Waals surface area (Å²) in [5, 5.41) is 7.18. The summed E-state index contributed by atoms with van der Waals surface area (Å²) in [6, 6.07) is 14.1. The summed E-state index contributed by atoms with van der Waals surface area (Å²) in [6.45, 7) is 1.54. The number of urea groups is 1. The van der Waals surface area contributed by atoms with E-state index in [0.717, 1.165) is 38.0 Å². The smallest absolute Gasteiger partial charge is 0.323 e. The molecule has 0 radical (unpaired) electrons. The van der Waals surface area contributed by atoms with Crippen molar-refractivity contribution in [1.82, 2.24) is 19.5 Å². The van der Waals surface area contributed by atoms with Crippen LogP contribution in [0.15, 0.2) is 54.9 Å². The summed E-state index contributed by atoms with van der Waals surface area (Å²) in [5.74, 6) is 1.17. The Morgan fingerprint density at radius 3 is 2.80 bits per heavy atom. The van der Waals surface area contributed by atoms with Gasteiger partial charge in [-0.1, -0.05) is 30.3 Å². The Labute approximate surface area is 146 Å². The summed E-state index contributed by atoms with van der Waals surface area (Å²) >= 11 is 0. The number of hydrogen-bond acceptors (Lipinski definition) is 3. The van der Waals surface area contributed by atoms with Gasteiger partial charge < -0.3 is 4.90 Å². The van der Waals surface area contributed by atoms with Crippen LogP contribution in [0.3, 0.4) is 0 Å². The molecule has 4 rings (SSSR count). The van der Waals surface area contributed by atoms with Gasteiger partial charge in [0, 0.05) is 25.4 Å². The molecule has 25 heavy (non-hydrogen) atoms. The van der Waals surface area contributed by atoms with E-state index < -0.39 is 0 Å². The summed E-state index contributed by atoms with van der Waals surface area (Å²) in [7, 11) is 0. The van der Waals surface area contributed by atoms with Crippen LogP contribution in [0, 0.1) is 0 Å². The van der Waals surface area contributed by atoms with Crippen LogP contribution < -0.4 is 5.32 Å². The Bertz CT molecular complexity index is 860. The van der Waals surface area contributed by atoms with Crippen LogP contribution in [-0.4, -0.2) is 38.6 Å². The van der Waals surface area contributed by atoms with Crippen molar-refractivity contribution >= 4 is 17.5 Å². The first-order chi connectivity index (χ1) is 12.3. The molecule has 3 heterocycles. The monoisotopic (exact) mass is 335 g/mol. The van der Waals surface area contributed by atoms with E-state index in [0.29, 0.717) is 11.7 Å². The minimum Gasteiger partial charge on any atom is -0.324 e. The van der Waals surface area contributed by atoms with Crippen molar-refractivity contribution in [3.05, 3.63) is 60.4 Å². The highest BCUT2D eigenvalue weighted by atomic mass is 16.2. The number of hydrogen-bond donors (Lipinski definition) is 1. The lowest BCUT2D eigenvalue weighted by molar-refractivity contribution is 0.213. The van der Waals surface area contributed by atoms with Gasteiger partial charge in [-0.3, -0.25) is 5.32 Å². The minimum atomic E-state index is -0.0725. The number of carbonyl (C=O) groups excluding carboxylic acids is 1. The van der Waals surface area contributed by atoms with Gasteiger partial charge in [-0.05, 0) is 36.8 Å². The predicted molar refractivity (Wildman–Crippen MR) is 96.6 cm³/mol. The van der Waals surface area contributed by atoms with Crippen LogP contribution in [0.4, 0.5) is 10.6 Å². The van der Waals surface area contributed by atoms with Gasteiger partial charge in [0.05, 0.1) is 6.20 Å². The number of fused-ring (bicyclic) bond motifs is 1. The van der Waals surface area contributed by atoms with Crippen LogP contribution in [0.5, 0.6) is 0 Å². The molecule has 6 nitrogen and oxygen atoms in total. The first-order valence-electron chi connectivity index (χ1n) is 8.71. The molecular formula is C19H21N5O. The lowest BCUT2D eigenvalue weighted by Gasteiger charge is -2.21. The van der Waals surface area contributed by atoms with Crippen molar-refractivity contribution < 1.29 is 4.79 Å². The van der Waals surface area contributed by atoms with Gasteiger partial charge >= 0.3 is 6.03 Å². The van der Waals surface area contributed by atoms with Gasteiger partial charge in [-0.25, -0.2) is 9.78 Å². The summed E-state index contributed by atoms with van der Waals surface area (Å²) < 4.78 is 1.64. The predicted octanol–water partition coefficient (Wildman–Crippen LogP) is 3.53. The molecule has 128 valence electrons.